The molecule has 0 aliphatic carbocycles. The minimum Gasteiger partial charge on any atom is -0.444 e. The van der Waals surface area contributed by atoms with Crippen molar-refractivity contribution in [3.63, 3.8) is 0 Å². The van der Waals surface area contributed by atoms with Crippen molar-refractivity contribution in [2.24, 2.45) is 0 Å². The third-order valence-electron chi connectivity index (χ3n) is 1.84. The van der Waals surface area contributed by atoms with E-state index in [0.29, 0.717) is 19.6 Å². The van der Waals surface area contributed by atoms with Gasteiger partial charge in [-0.2, -0.15) is 0 Å². The molecule has 5 heteroatoms. The molecule has 14 heavy (non-hydrogen) atoms. The van der Waals surface area contributed by atoms with Crippen molar-refractivity contribution < 1.29 is 14.6 Å². The smallest absolute Gasteiger partial charge is 0.412 e. The largest absolute Gasteiger partial charge is 0.444 e. The van der Waals surface area contributed by atoms with Crippen molar-refractivity contribution in [3.05, 3.63) is 0 Å². The third kappa shape index (κ3) is 3.16. The van der Waals surface area contributed by atoms with E-state index in [9.17, 15) is 9.90 Å². The predicted molar refractivity (Wildman–Crippen MR) is 51.8 cm³/mol. The first-order valence-electron chi connectivity index (χ1n) is 4.78. The van der Waals surface area contributed by atoms with Crippen LogP contribution in [0.15, 0.2) is 0 Å². The summed E-state index contributed by atoms with van der Waals surface area (Å²) in [5.41, 5.74) is -0.512. The lowest BCUT2D eigenvalue weighted by Gasteiger charge is -2.34. The van der Waals surface area contributed by atoms with Crippen molar-refractivity contribution in [1.82, 2.24) is 10.2 Å². The van der Waals surface area contributed by atoms with Crippen molar-refractivity contribution in [2.75, 3.05) is 19.6 Å². The highest BCUT2D eigenvalue weighted by atomic mass is 16.6. The molecule has 0 spiro atoms. The summed E-state index contributed by atoms with van der Waals surface area (Å²) in [6.07, 6.45) is -1.23. The van der Waals surface area contributed by atoms with Crippen molar-refractivity contribution in [3.8, 4) is 0 Å². The first-order valence-corrected chi connectivity index (χ1v) is 4.78. The fraction of sp³-hybridized carbons (Fsp3) is 0.889. The van der Waals surface area contributed by atoms with Crippen LogP contribution in [0.5, 0.6) is 0 Å². The molecule has 82 valence electrons. The molecule has 1 amide bonds. The van der Waals surface area contributed by atoms with E-state index >= 15 is 0 Å². The lowest BCUT2D eigenvalue weighted by atomic mass is 10.2. The second-order valence-electron chi connectivity index (χ2n) is 4.36. The Morgan fingerprint density at radius 1 is 1.57 bits per heavy atom. The van der Waals surface area contributed by atoms with Crippen LogP contribution < -0.4 is 5.32 Å². The van der Waals surface area contributed by atoms with Crippen LogP contribution in [-0.4, -0.2) is 47.6 Å². The Hall–Kier alpha value is -0.810. The van der Waals surface area contributed by atoms with E-state index in [0.717, 1.165) is 0 Å². The van der Waals surface area contributed by atoms with Gasteiger partial charge in [-0.1, -0.05) is 0 Å². The third-order valence-corrected chi connectivity index (χ3v) is 1.84. The van der Waals surface area contributed by atoms with E-state index in [-0.39, 0.29) is 0 Å². The normalized spacial score (nSPS) is 23.4. The van der Waals surface area contributed by atoms with Crippen LogP contribution in [0.25, 0.3) is 0 Å². The Bertz CT molecular complexity index is 213. The maximum atomic E-state index is 11.5. The summed E-state index contributed by atoms with van der Waals surface area (Å²) in [5, 5.41) is 12.5. The number of piperazine rings is 1. The number of hydrogen-bond donors (Lipinski definition) is 2. The molecule has 0 aromatic heterocycles. The molecule has 1 aliphatic heterocycles. The zero-order valence-corrected chi connectivity index (χ0v) is 8.91. The summed E-state index contributed by atoms with van der Waals surface area (Å²) in [7, 11) is 0. The summed E-state index contributed by atoms with van der Waals surface area (Å²) in [6.45, 7) is 6.99. The van der Waals surface area contributed by atoms with E-state index in [1.54, 1.807) is 20.8 Å². The minimum absolute atomic E-state index is 0.402. The number of nitrogens with one attached hydrogen (secondary N) is 1. The average Bonchev–Trinajstić information content (AvgIpc) is 2.01. The van der Waals surface area contributed by atoms with Gasteiger partial charge in [0.05, 0.1) is 0 Å². The Kier molecular flexibility index (Phi) is 3.34. The molecule has 2 N–H and O–H groups in total. The number of β-amino-alcohol motifs (C(OH)–C–C–N with tert-alkyl or cyclic N) is 1. The zero-order valence-electron chi connectivity index (χ0n) is 8.91. The van der Waals surface area contributed by atoms with E-state index in [1.807, 2.05) is 0 Å². The second-order valence-corrected chi connectivity index (χ2v) is 4.36. The summed E-state index contributed by atoms with van der Waals surface area (Å²) in [4.78, 5) is 12.9. The van der Waals surface area contributed by atoms with Crippen LogP contribution in [0.3, 0.4) is 0 Å². The average molecular weight is 202 g/mol. The topological polar surface area (TPSA) is 61.8 Å². The summed E-state index contributed by atoms with van der Waals surface area (Å²) in [5.74, 6) is 0. The number of rotatable bonds is 0. The lowest BCUT2D eigenvalue weighted by Crippen LogP contribution is -2.54. The first-order chi connectivity index (χ1) is 6.40. The van der Waals surface area contributed by atoms with Gasteiger partial charge in [-0.25, -0.2) is 4.79 Å². The molecule has 5 nitrogen and oxygen atoms in total. The minimum atomic E-state index is -0.779. The molecule has 0 radical (unpaired) electrons. The molecule has 1 heterocycles. The molecule has 0 bridgehead atoms. The highest BCUT2D eigenvalue weighted by molar-refractivity contribution is 5.68. The molecule has 1 aliphatic rings. The van der Waals surface area contributed by atoms with Crippen molar-refractivity contribution >= 4 is 6.09 Å². The van der Waals surface area contributed by atoms with Crippen LogP contribution in [0.2, 0.25) is 0 Å². The molecule has 1 rings (SSSR count). The highest BCUT2D eigenvalue weighted by Crippen LogP contribution is 2.11. The molecular formula is C9H18N2O3. The van der Waals surface area contributed by atoms with E-state index in [2.05, 4.69) is 5.32 Å². The second kappa shape index (κ2) is 4.14. The lowest BCUT2D eigenvalue weighted by molar-refractivity contribution is -0.0385. The monoisotopic (exact) mass is 202 g/mol. The van der Waals surface area contributed by atoms with Gasteiger partial charge >= 0.3 is 6.09 Å². The first kappa shape index (κ1) is 11.3. The number of ether oxygens (including phenoxy) is 1. The van der Waals surface area contributed by atoms with Crippen LogP contribution in [-0.2, 0) is 4.74 Å². The Balaban J connectivity index is 2.50. The van der Waals surface area contributed by atoms with Gasteiger partial charge in [-0.05, 0) is 20.8 Å². The predicted octanol–water partition coefficient (Wildman–Crippen LogP) is 0.145. The molecule has 1 atom stereocenters. The van der Waals surface area contributed by atoms with Crippen LogP contribution in [0, 0.1) is 0 Å². The summed E-state index contributed by atoms with van der Waals surface area (Å²) in [6, 6.07) is 0. The van der Waals surface area contributed by atoms with Gasteiger partial charge in [0.15, 0.2) is 0 Å². The molecule has 1 saturated heterocycles. The standard InChI is InChI=1S/C9H18N2O3/c1-9(2,3)14-8(13)11-5-4-10-6-7(11)12/h7,10,12H,4-6H2,1-3H3. The molecular weight excluding hydrogens is 184 g/mol. The molecule has 1 fully saturated rings. The van der Waals surface area contributed by atoms with E-state index in [1.165, 1.54) is 4.90 Å². The molecule has 0 saturated carbocycles. The number of nitrogens with zero attached hydrogens (tertiary/aromatic N) is 1. The molecule has 1 unspecified atom stereocenters. The Morgan fingerprint density at radius 3 is 2.71 bits per heavy atom. The maximum absolute atomic E-state index is 11.5. The van der Waals surface area contributed by atoms with Crippen LogP contribution >= 0.6 is 0 Å². The van der Waals surface area contributed by atoms with Gasteiger partial charge in [0.2, 0.25) is 0 Å². The van der Waals surface area contributed by atoms with Crippen LogP contribution in [0.1, 0.15) is 20.8 Å². The van der Waals surface area contributed by atoms with Crippen molar-refractivity contribution in [2.45, 2.75) is 32.6 Å². The Morgan fingerprint density at radius 2 is 2.21 bits per heavy atom. The number of aliphatic hydroxyl groups excluding tert-OH is 1. The van der Waals surface area contributed by atoms with Crippen molar-refractivity contribution in [1.29, 1.82) is 0 Å². The SMILES string of the molecule is CC(C)(C)OC(=O)N1CCNCC1O. The number of carbonyl (C=O) groups excluding carboxylic acids is 1. The van der Waals surface area contributed by atoms with Gasteiger partial charge in [0.25, 0.3) is 0 Å². The Labute approximate surface area is 84.0 Å². The summed E-state index contributed by atoms with van der Waals surface area (Å²) >= 11 is 0. The zero-order chi connectivity index (χ0) is 10.8. The number of aliphatic hydroxyl groups is 1. The number of carbonyl (C=O) groups is 1. The van der Waals surface area contributed by atoms with Gasteiger partial charge < -0.3 is 15.2 Å². The maximum Gasteiger partial charge on any atom is 0.412 e. The quantitative estimate of drug-likeness (QED) is 0.587. The van der Waals surface area contributed by atoms with E-state index in [4.69, 9.17) is 4.74 Å². The fourth-order valence-electron chi connectivity index (χ4n) is 1.22. The highest BCUT2D eigenvalue weighted by Gasteiger charge is 2.28. The number of hydrogen-bond acceptors (Lipinski definition) is 4. The summed E-state index contributed by atoms with van der Waals surface area (Å²) < 4.78 is 5.15. The van der Waals surface area contributed by atoms with Gasteiger partial charge in [0, 0.05) is 19.6 Å². The molecule has 0 aromatic carbocycles. The van der Waals surface area contributed by atoms with Gasteiger partial charge in [-0.15, -0.1) is 0 Å². The van der Waals surface area contributed by atoms with Gasteiger partial charge in [0.1, 0.15) is 11.8 Å². The fourth-order valence-corrected chi connectivity index (χ4v) is 1.22. The molecule has 0 aromatic rings. The van der Waals surface area contributed by atoms with Gasteiger partial charge in [-0.3, -0.25) is 4.90 Å². The van der Waals surface area contributed by atoms with E-state index < -0.39 is 17.9 Å². The van der Waals surface area contributed by atoms with Crippen LogP contribution in [0.4, 0.5) is 4.79 Å². The number of amides is 1.